The van der Waals surface area contributed by atoms with Crippen LogP contribution in [0.4, 0.5) is 5.82 Å². The molecule has 24 heavy (non-hydrogen) atoms. The molecule has 1 saturated heterocycles. The molecule has 1 aliphatic rings. The van der Waals surface area contributed by atoms with E-state index < -0.39 is 0 Å². The van der Waals surface area contributed by atoms with Crippen LogP contribution in [-0.2, 0) is 6.42 Å². The van der Waals surface area contributed by atoms with Gasteiger partial charge in [-0.15, -0.1) is 0 Å². The maximum absolute atomic E-state index is 12.5. The van der Waals surface area contributed by atoms with Gasteiger partial charge in [0.25, 0.3) is 5.91 Å². The largest absolute Gasteiger partial charge is 0.355 e. The number of anilines is 1. The molecule has 0 atom stereocenters. The van der Waals surface area contributed by atoms with Crippen LogP contribution in [0.2, 0.25) is 0 Å². The first-order chi connectivity index (χ1) is 11.7. The van der Waals surface area contributed by atoms with Gasteiger partial charge in [0.05, 0.1) is 12.4 Å². The molecule has 2 aromatic rings. The molecular formula is C18H23N5O. The first kappa shape index (κ1) is 16.4. The first-order valence-corrected chi connectivity index (χ1v) is 8.45. The molecule has 0 aliphatic carbocycles. The SMILES string of the molecule is CN(CCc1ccncc1)C(=O)c1cnc(N2CCCCC2)cn1. The molecule has 1 amide bonds. The van der Waals surface area contributed by atoms with Gasteiger partial charge in [0.1, 0.15) is 11.5 Å². The van der Waals surface area contributed by atoms with E-state index in [-0.39, 0.29) is 5.91 Å². The van der Waals surface area contributed by atoms with Crippen LogP contribution in [0.1, 0.15) is 35.3 Å². The van der Waals surface area contributed by atoms with E-state index in [0.717, 1.165) is 30.9 Å². The van der Waals surface area contributed by atoms with Crippen LogP contribution in [0.15, 0.2) is 36.9 Å². The summed E-state index contributed by atoms with van der Waals surface area (Å²) in [5, 5.41) is 0. The molecule has 6 heteroatoms. The van der Waals surface area contributed by atoms with E-state index in [1.54, 1.807) is 36.7 Å². The fourth-order valence-electron chi connectivity index (χ4n) is 2.86. The smallest absolute Gasteiger partial charge is 0.273 e. The van der Waals surface area contributed by atoms with Crippen molar-refractivity contribution >= 4 is 11.7 Å². The lowest BCUT2D eigenvalue weighted by Crippen LogP contribution is -2.31. The van der Waals surface area contributed by atoms with Gasteiger partial charge in [-0.3, -0.25) is 9.78 Å². The molecule has 2 aromatic heterocycles. The molecule has 126 valence electrons. The van der Waals surface area contributed by atoms with Gasteiger partial charge in [0.2, 0.25) is 0 Å². The Balaban J connectivity index is 1.57. The van der Waals surface area contributed by atoms with E-state index >= 15 is 0 Å². The molecule has 0 aromatic carbocycles. The number of carbonyl (C=O) groups excluding carboxylic acids is 1. The Morgan fingerprint density at radius 1 is 1.12 bits per heavy atom. The van der Waals surface area contributed by atoms with Gasteiger partial charge in [-0.05, 0) is 43.4 Å². The lowest BCUT2D eigenvalue weighted by atomic mass is 10.1. The summed E-state index contributed by atoms with van der Waals surface area (Å²) in [5.41, 5.74) is 1.56. The van der Waals surface area contributed by atoms with Gasteiger partial charge in [0.15, 0.2) is 0 Å². The minimum absolute atomic E-state index is 0.0956. The Morgan fingerprint density at radius 3 is 2.54 bits per heavy atom. The summed E-state index contributed by atoms with van der Waals surface area (Å²) in [6, 6.07) is 3.93. The van der Waals surface area contributed by atoms with E-state index in [0.29, 0.717) is 12.2 Å². The predicted molar refractivity (Wildman–Crippen MR) is 93.0 cm³/mol. The third kappa shape index (κ3) is 4.07. The van der Waals surface area contributed by atoms with Gasteiger partial charge >= 0.3 is 0 Å². The highest BCUT2D eigenvalue weighted by Crippen LogP contribution is 2.16. The van der Waals surface area contributed by atoms with Crippen molar-refractivity contribution in [1.82, 2.24) is 19.9 Å². The van der Waals surface area contributed by atoms with E-state index in [2.05, 4.69) is 19.9 Å². The predicted octanol–water partition coefficient (Wildman–Crippen LogP) is 2.18. The van der Waals surface area contributed by atoms with Crippen LogP contribution in [0.25, 0.3) is 0 Å². The Morgan fingerprint density at radius 2 is 1.88 bits per heavy atom. The number of piperidine rings is 1. The number of pyridine rings is 1. The Hall–Kier alpha value is -2.50. The Kier molecular flexibility index (Phi) is 5.36. The van der Waals surface area contributed by atoms with Gasteiger partial charge in [0, 0.05) is 39.1 Å². The zero-order chi connectivity index (χ0) is 16.8. The summed E-state index contributed by atoms with van der Waals surface area (Å²) in [5.74, 6) is 0.771. The minimum atomic E-state index is -0.0956. The highest BCUT2D eigenvalue weighted by atomic mass is 16.2. The van der Waals surface area contributed by atoms with Crippen LogP contribution in [0, 0.1) is 0 Å². The molecule has 6 nitrogen and oxygen atoms in total. The molecule has 1 aliphatic heterocycles. The van der Waals surface area contributed by atoms with Crippen LogP contribution >= 0.6 is 0 Å². The highest BCUT2D eigenvalue weighted by Gasteiger charge is 2.16. The number of amides is 1. The van der Waals surface area contributed by atoms with E-state index in [1.807, 2.05) is 12.1 Å². The number of rotatable bonds is 5. The molecule has 3 heterocycles. The van der Waals surface area contributed by atoms with Crippen molar-refractivity contribution in [3.63, 3.8) is 0 Å². The molecule has 0 spiro atoms. The van der Waals surface area contributed by atoms with Gasteiger partial charge in [-0.1, -0.05) is 0 Å². The van der Waals surface area contributed by atoms with Gasteiger partial charge in [-0.2, -0.15) is 0 Å². The lowest BCUT2D eigenvalue weighted by Gasteiger charge is -2.27. The van der Waals surface area contributed by atoms with E-state index in [9.17, 15) is 4.79 Å². The van der Waals surface area contributed by atoms with Crippen molar-refractivity contribution in [2.24, 2.45) is 0 Å². The summed E-state index contributed by atoms with van der Waals surface area (Å²) >= 11 is 0. The maximum atomic E-state index is 12.5. The van der Waals surface area contributed by atoms with Crippen LogP contribution in [0.3, 0.4) is 0 Å². The monoisotopic (exact) mass is 325 g/mol. The molecule has 1 fully saturated rings. The molecule has 0 saturated carbocycles. The van der Waals surface area contributed by atoms with Crippen LogP contribution in [0.5, 0.6) is 0 Å². The van der Waals surface area contributed by atoms with Crippen LogP contribution < -0.4 is 4.90 Å². The van der Waals surface area contributed by atoms with Crippen molar-refractivity contribution in [3.05, 3.63) is 48.2 Å². The van der Waals surface area contributed by atoms with Gasteiger partial charge < -0.3 is 9.80 Å². The molecule has 0 N–H and O–H groups in total. The quantitative estimate of drug-likeness (QED) is 0.843. The maximum Gasteiger partial charge on any atom is 0.273 e. The van der Waals surface area contributed by atoms with Gasteiger partial charge in [-0.25, -0.2) is 9.97 Å². The normalized spacial score (nSPS) is 14.5. The summed E-state index contributed by atoms with van der Waals surface area (Å²) < 4.78 is 0. The molecule has 0 bridgehead atoms. The van der Waals surface area contributed by atoms with Crippen molar-refractivity contribution < 1.29 is 4.79 Å². The second-order valence-corrected chi connectivity index (χ2v) is 6.14. The molecule has 0 radical (unpaired) electrons. The zero-order valence-corrected chi connectivity index (χ0v) is 14.1. The number of nitrogens with zero attached hydrogens (tertiary/aromatic N) is 5. The fraction of sp³-hybridized carbons (Fsp3) is 0.444. The van der Waals surface area contributed by atoms with Crippen LogP contribution in [-0.4, -0.2) is 52.4 Å². The second-order valence-electron chi connectivity index (χ2n) is 6.14. The third-order valence-electron chi connectivity index (χ3n) is 4.37. The fourth-order valence-corrected chi connectivity index (χ4v) is 2.86. The van der Waals surface area contributed by atoms with E-state index in [1.165, 1.54) is 19.3 Å². The Labute approximate surface area is 142 Å². The third-order valence-corrected chi connectivity index (χ3v) is 4.37. The van der Waals surface area contributed by atoms with Crippen molar-refractivity contribution in [3.8, 4) is 0 Å². The number of hydrogen-bond donors (Lipinski definition) is 0. The second kappa shape index (κ2) is 7.86. The lowest BCUT2D eigenvalue weighted by molar-refractivity contribution is 0.0790. The van der Waals surface area contributed by atoms with Crippen molar-refractivity contribution in [1.29, 1.82) is 0 Å². The highest BCUT2D eigenvalue weighted by molar-refractivity contribution is 5.91. The summed E-state index contributed by atoms with van der Waals surface area (Å²) in [4.78, 5) is 29.1. The first-order valence-electron chi connectivity index (χ1n) is 8.45. The van der Waals surface area contributed by atoms with Crippen molar-refractivity contribution in [2.75, 3.05) is 31.6 Å². The average molecular weight is 325 g/mol. The summed E-state index contributed by atoms with van der Waals surface area (Å²) in [6.45, 7) is 2.68. The number of likely N-dealkylation sites (N-methyl/N-ethyl adjacent to an activating group) is 1. The molecular weight excluding hydrogens is 302 g/mol. The summed E-state index contributed by atoms with van der Waals surface area (Å²) in [6.07, 6.45) is 11.3. The van der Waals surface area contributed by atoms with E-state index in [4.69, 9.17) is 0 Å². The average Bonchev–Trinajstić information content (AvgIpc) is 2.67. The molecule has 0 unspecified atom stereocenters. The zero-order valence-electron chi connectivity index (χ0n) is 14.1. The minimum Gasteiger partial charge on any atom is -0.355 e. The Bertz CT molecular complexity index is 653. The molecule has 3 rings (SSSR count). The number of aromatic nitrogens is 3. The number of hydrogen-bond acceptors (Lipinski definition) is 5. The topological polar surface area (TPSA) is 62.2 Å². The summed E-state index contributed by atoms with van der Waals surface area (Å²) in [7, 11) is 1.80. The number of carbonyl (C=O) groups is 1. The van der Waals surface area contributed by atoms with Crippen molar-refractivity contribution in [2.45, 2.75) is 25.7 Å². The standard InChI is InChI=1S/C18H23N5O/c1-22(12-7-15-5-8-19-9-6-15)18(24)16-13-21-17(14-20-16)23-10-3-2-4-11-23/h5-6,8-9,13-14H,2-4,7,10-12H2,1H3.